The van der Waals surface area contributed by atoms with Gasteiger partial charge in [0.25, 0.3) is 0 Å². The molecule has 0 aliphatic rings. The lowest BCUT2D eigenvalue weighted by atomic mass is 10.1. The predicted molar refractivity (Wildman–Crippen MR) is 73.5 cm³/mol. The van der Waals surface area contributed by atoms with Crippen LogP contribution in [0, 0.1) is 5.82 Å². The highest BCUT2D eigenvalue weighted by Crippen LogP contribution is 2.30. The average molecular weight is 276 g/mol. The first kappa shape index (κ1) is 12.1. The fourth-order valence-corrected chi connectivity index (χ4v) is 2.36. The number of fused-ring (bicyclic) bond motifs is 1. The van der Waals surface area contributed by atoms with E-state index in [1.807, 2.05) is 18.2 Å². The van der Waals surface area contributed by atoms with Gasteiger partial charge in [0.1, 0.15) is 11.5 Å². The van der Waals surface area contributed by atoms with Gasteiger partial charge in [-0.3, -0.25) is 4.40 Å². The highest BCUT2D eigenvalue weighted by Gasteiger charge is 2.15. The third-order valence-electron chi connectivity index (χ3n) is 3.00. The molecule has 0 aliphatic carbocycles. The van der Waals surface area contributed by atoms with Gasteiger partial charge < -0.3 is 5.73 Å². The number of imidazole rings is 1. The summed E-state index contributed by atoms with van der Waals surface area (Å²) < 4.78 is 15.0. The van der Waals surface area contributed by atoms with Crippen LogP contribution in [0.1, 0.15) is 5.69 Å². The molecule has 0 saturated carbocycles. The second kappa shape index (κ2) is 4.64. The van der Waals surface area contributed by atoms with E-state index in [2.05, 4.69) is 4.98 Å². The second-order valence-electron chi connectivity index (χ2n) is 4.17. The Hall–Kier alpha value is -1.91. The van der Waals surface area contributed by atoms with Crippen LogP contribution in [-0.2, 0) is 6.54 Å². The molecular weight excluding hydrogens is 265 g/mol. The third-order valence-corrected chi connectivity index (χ3v) is 3.33. The van der Waals surface area contributed by atoms with Crippen LogP contribution in [0.15, 0.2) is 42.6 Å². The van der Waals surface area contributed by atoms with Crippen molar-refractivity contribution in [2.24, 2.45) is 5.73 Å². The summed E-state index contributed by atoms with van der Waals surface area (Å²) in [6.07, 6.45) is 1.38. The quantitative estimate of drug-likeness (QED) is 0.780. The molecule has 2 heterocycles. The SMILES string of the molecule is NCc1c(-c2ccccc2Cl)nc2ccc(F)cn12. The van der Waals surface area contributed by atoms with Crippen LogP contribution in [0.3, 0.4) is 0 Å². The first-order valence-corrected chi connectivity index (χ1v) is 6.20. The van der Waals surface area contributed by atoms with E-state index in [-0.39, 0.29) is 12.4 Å². The van der Waals surface area contributed by atoms with Gasteiger partial charge in [0.15, 0.2) is 0 Å². The van der Waals surface area contributed by atoms with Crippen LogP contribution in [0.5, 0.6) is 0 Å². The summed E-state index contributed by atoms with van der Waals surface area (Å²) in [5.41, 5.74) is 8.65. The number of halogens is 2. The van der Waals surface area contributed by atoms with Gasteiger partial charge >= 0.3 is 0 Å². The first-order valence-electron chi connectivity index (χ1n) is 5.82. The predicted octanol–water partition coefficient (Wildman–Crippen LogP) is 3.25. The molecule has 0 radical (unpaired) electrons. The molecule has 19 heavy (non-hydrogen) atoms. The van der Waals surface area contributed by atoms with Gasteiger partial charge in [-0.1, -0.05) is 29.8 Å². The summed E-state index contributed by atoms with van der Waals surface area (Å²) in [7, 11) is 0. The summed E-state index contributed by atoms with van der Waals surface area (Å²) >= 11 is 6.18. The Bertz CT molecular complexity index is 752. The van der Waals surface area contributed by atoms with Crippen LogP contribution < -0.4 is 5.73 Å². The highest BCUT2D eigenvalue weighted by molar-refractivity contribution is 6.33. The molecule has 0 saturated heterocycles. The van der Waals surface area contributed by atoms with Crippen molar-refractivity contribution in [2.45, 2.75) is 6.54 Å². The van der Waals surface area contributed by atoms with Gasteiger partial charge in [0.05, 0.1) is 16.4 Å². The van der Waals surface area contributed by atoms with Crippen molar-refractivity contribution < 1.29 is 4.39 Å². The van der Waals surface area contributed by atoms with Crippen LogP contribution in [0.25, 0.3) is 16.9 Å². The minimum Gasteiger partial charge on any atom is -0.325 e. The fourth-order valence-electron chi connectivity index (χ4n) is 2.13. The van der Waals surface area contributed by atoms with Crippen molar-refractivity contribution >= 4 is 17.2 Å². The van der Waals surface area contributed by atoms with Gasteiger partial charge in [0, 0.05) is 18.3 Å². The molecule has 3 rings (SSSR count). The highest BCUT2D eigenvalue weighted by atomic mass is 35.5. The molecule has 0 bridgehead atoms. The van der Waals surface area contributed by atoms with Crippen molar-refractivity contribution in [2.75, 3.05) is 0 Å². The maximum atomic E-state index is 13.3. The van der Waals surface area contributed by atoms with Gasteiger partial charge in [-0.15, -0.1) is 0 Å². The maximum Gasteiger partial charge on any atom is 0.139 e. The topological polar surface area (TPSA) is 43.3 Å². The fraction of sp³-hybridized carbons (Fsp3) is 0.0714. The van der Waals surface area contributed by atoms with Gasteiger partial charge in [-0.05, 0) is 18.2 Å². The Morgan fingerprint density at radius 1 is 1.21 bits per heavy atom. The largest absolute Gasteiger partial charge is 0.325 e. The smallest absolute Gasteiger partial charge is 0.139 e. The van der Waals surface area contributed by atoms with E-state index in [0.29, 0.717) is 16.4 Å². The molecule has 0 unspecified atom stereocenters. The molecule has 2 N–H and O–H groups in total. The van der Waals surface area contributed by atoms with E-state index in [9.17, 15) is 4.39 Å². The molecule has 1 aromatic carbocycles. The van der Waals surface area contributed by atoms with E-state index in [1.165, 1.54) is 12.3 Å². The van der Waals surface area contributed by atoms with E-state index in [4.69, 9.17) is 17.3 Å². The number of nitrogens with zero attached hydrogens (tertiary/aromatic N) is 2. The number of benzene rings is 1. The van der Waals surface area contributed by atoms with Crippen molar-refractivity contribution in [3.8, 4) is 11.3 Å². The zero-order valence-corrected chi connectivity index (χ0v) is 10.7. The van der Waals surface area contributed by atoms with Gasteiger partial charge in [-0.2, -0.15) is 0 Å². The Kier molecular flexibility index (Phi) is 2.97. The lowest BCUT2D eigenvalue weighted by Crippen LogP contribution is -2.03. The molecule has 5 heteroatoms. The molecule has 96 valence electrons. The number of hydrogen-bond acceptors (Lipinski definition) is 2. The lowest BCUT2D eigenvalue weighted by molar-refractivity contribution is 0.618. The Labute approximate surface area is 114 Å². The van der Waals surface area contributed by atoms with Crippen LogP contribution in [0.2, 0.25) is 5.02 Å². The maximum absolute atomic E-state index is 13.3. The summed E-state index contributed by atoms with van der Waals surface area (Å²) in [5, 5.41) is 0.598. The van der Waals surface area contributed by atoms with Crippen molar-refractivity contribution in [3.05, 3.63) is 59.1 Å². The third kappa shape index (κ3) is 1.99. The van der Waals surface area contributed by atoms with Crippen molar-refractivity contribution in [3.63, 3.8) is 0 Å². The summed E-state index contributed by atoms with van der Waals surface area (Å²) in [6.45, 7) is 0.255. The Morgan fingerprint density at radius 2 is 2.00 bits per heavy atom. The summed E-state index contributed by atoms with van der Waals surface area (Å²) in [5.74, 6) is -0.328. The summed E-state index contributed by atoms with van der Waals surface area (Å²) in [6, 6.07) is 10.4. The number of aromatic nitrogens is 2. The van der Waals surface area contributed by atoms with E-state index in [0.717, 1.165) is 11.3 Å². The molecule has 3 aromatic rings. The van der Waals surface area contributed by atoms with Crippen LogP contribution in [-0.4, -0.2) is 9.38 Å². The number of nitrogens with two attached hydrogens (primary N) is 1. The van der Waals surface area contributed by atoms with Crippen molar-refractivity contribution in [1.82, 2.24) is 9.38 Å². The molecule has 0 aliphatic heterocycles. The molecule has 0 spiro atoms. The van der Waals surface area contributed by atoms with E-state index in [1.54, 1.807) is 16.5 Å². The van der Waals surface area contributed by atoms with E-state index < -0.39 is 0 Å². The monoisotopic (exact) mass is 275 g/mol. The zero-order valence-electron chi connectivity index (χ0n) is 9.98. The Morgan fingerprint density at radius 3 is 2.74 bits per heavy atom. The Balaban J connectivity index is 2.33. The molecule has 2 aromatic heterocycles. The molecular formula is C14H11ClFN3. The summed E-state index contributed by atoms with van der Waals surface area (Å²) in [4.78, 5) is 4.49. The normalized spacial score (nSPS) is 11.1. The number of pyridine rings is 1. The minimum absolute atomic E-state index is 0.255. The van der Waals surface area contributed by atoms with Gasteiger partial charge in [-0.25, -0.2) is 9.37 Å². The number of hydrogen-bond donors (Lipinski definition) is 1. The second-order valence-corrected chi connectivity index (χ2v) is 4.57. The zero-order chi connectivity index (χ0) is 13.4. The molecule has 0 atom stereocenters. The molecule has 3 nitrogen and oxygen atoms in total. The van der Waals surface area contributed by atoms with E-state index >= 15 is 0 Å². The lowest BCUT2D eigenvalue weighted by Gasteiger charge is -2.04. The standard InChI is InChI=1S/C14H11ClFN3/c15-11-4-2-1-3-10(11)14-12(7-17)19-8-9(16)5-6-13(19)18-14/h1-6,8H,7,17H2. The molecule has 0 amide bonds. The minimum atomic E-state index is -0.328. The molecule has 0 fully saturated rings. The van der Waals surface area contributed by atoms with Crippen LogP contribution in [0.4, 0.5) is 4.39 Å². The van der Waals surface area contributed by atoms with Crippen molar-refractivity contribution in [1.29, 1.82) is 0 Å². The van der Waals surface area contributed by atoms with Crippen LogP contribution >= 0.6 is 11.6 Å². The van der Waals surface area contributed by atoms with Gasteiger partial charge in [0.2, 0.25) is 0 Å². The number of rotatable bonds is 2. The average Bonchev–Trinajstić information content (AvgIpc) is 2.76. The first-order chi connectivity index (χ1) is 9.20.